The third kappa shape index (κ3) is 4.11. The fourth-order valence-corrected chi connectivity index (χ4v) is 0. The SMILES string of the molecule is CNP(N)(=O)O. The fraction of sp³-hybridized carbons (Fsp3) is 1.00. The van der Waals surface area contributed by atoms with E-state index in [0.29, 0.717) is 0 Å². The van der Waals surface area contributed by atoms with Crippen molar-refractivity contribution in [1.82, 2.24) is 5.09 Å². The van der Waals surface area contributed by atoms with Gasteiger partial charge in [0.15, 0.2) is 0 Å². The number of nitrogens with one attached hydrogen (secondary N) is 1. The van der Waals surface area contributed by atoms with Crippen molar-refractivity contribution in [3.63, 3.8) is 0 Å². The topological polar surface area (TPSA) is 75.3 Å². The molecule has 0 amide bonds. The second-order valence-electron chi connectivity index (χ2n) is 0.847. The van der Waals surface area contributed by atoms with Crippen LogP contribution in [0.25, 0.3) is 0 Å². The van der Waals surface area contributed by atoms with Crippen molar-refractivity contribution in [3.8, 4) is 0 Å². The number of hydrogen-bond donors (Lipinski definition) is 3. The molecule has 6 heavy (non-hydrogen) atoms. The van der Waals surface area contributed by atoms with Crippen molar-refractivity contribution in [2.45, 2.75) is 0 Å². The van der Waals surface area contributed by atoms with Crippen molar-refractivity contribution in [2.24, 2.45) is 5.50 Å². The summed E-state index contributed by atoms with van der Waals surface area (Å²) in [6.07, 6.45) is 0. The van der Waals surface area contributed by atoms with E-state index in [0.717, 1.165) is 0 Å². The predicted molar refractivity (Wildman–Crippen MR) is 23.1 cm³/mol. The molecule has 1 unspecified atom stereocenters. The highest BCUT2D eigenvalue weighted by molar-refractivity contribution is 7.53. The van der Waals surface area contributed by atoms with Crippen LogP contribution in [0.1, 0.15) is 0 Å². The summed E-state index contributed by atoms with van der Waals surface area (Å²) in [7, 11) is -2.08. The Morgan fingerprint density at radius 2 is 2.17 bits per heavy atom. The van der Waals surface area contributed by atoms with Crippen LogP contribution in [0.2, 0.25) is 0 Å². The van der Waals surface area contributed by atoms with Crippen LogP contribution in [0.5, 0.6) is 0 Å². The Kier molecular flexibility index (Phi) is 1.74. The molecule has 4 N–H and O–H groups in total. The van der Waals surface area contributed by atoms with Crippen LogP contribution in [-0.2, 0) is 4.57 Å². The zero-order valence-electron chi connectivity index (χ0n) is 3.38. The first-order valence-corrected chi connectivity index (χ1v) is 3.09. The van der Waals surface area contributed by atoms with Crippen LogP contribution in [-0.4, -0.2) is 11.9 Å². The minimum absolute atomic E-state index is 1.32. The van der Waals surface area contributed by atoms with Gasteiger partial charge in [0.2, 0.25) is 0 Å². The van der Waals surface area contributed by atoms with E-state index in [2.05, 4.69) is 5.50 Å². The van der Waals surface area contributed by atoms with E-state index in [-0.39, 0.29) is 0 Å². The Morgan fingerprint density at radius 3 is 2.17 bits per heavy atom. The first-order valence-electron chi connectivity index (χ1n) is 1.36. The maximum atomic E-state index is 9.81. The minimum atomic E-state index is -3.40. The average Bonchev–Trinajstić information content (AvgIpc) is 1.35. The zero-order chi connectivity index (χ0) is 5.21. The molecule has 0 fully saturated rings. The lowest BCUT2D eigenvalue weighted by atomic mass is 11.6. The summed E-state index contributed by atoms with van der Waals surface area (Å²) >= 11 is 0. The van der Waals surface area contributed by atoms with Crippen molar-refractivity contribution >= 4 is 7.67 Å². The Bertz CT molecular complexity index is 75.6. The molecule has 0 aromatic carbocycles. The van der Waals surface area contributed by atoms with E-state index in [9.17, 15) is 4.57 Å². The molecule has 0 aliphatic heterocycles. The fourth-order valence-electron chi connectivity index (χ4n) is 0. The van der Waals surface area contributed by atoms with Crippen LogP contribution >= 0.6 is 7.67 Å². The lowest BCUT2D eigenvalue weighted by molar-refractivity contribution is 0.470. The Morgan fingerprint density at radius 1 is 2.00 bits per heavy atom. The Balaban J connectivity index is 3.48. The lowest BCUT2D eigenvalue weighted by Gasteiger charge is -1.97. The van der Waals surface area contributed by atoms with Gasteiger partial charge >= 0.3 is 7.67 Å². The third-order valence-electron chi connectivity index (χ3n) is 0.320. The average molecular weight is 110 g/mol. The van der Waals surface area contributed by atoms with E-state index in [1.54, 1.807) is 0 Å². The van der Waals surface area contributed by atoms with Crippen LogP contribution in [0.4, 0.5) is 0 Å². The maximum absolute atomic E-state index is 9.81. The molecule has 5 heteroatoms. The molecular weight excluding hydrogens is 103 g/mol. The highest BCUT2D eigenvalue weighted by Gasteiger charge is 2.01. The second kappa shape index (κ2) is 1.71. The van der Waals surface area contributed by atoms with Crippen LogP contribution in [0.15, 0.2) is 0 Å². The Labute approximate surface area is 35.9 Å². The summed E-state index contributed by atoms with van der Waals surface area (Å²) < 4.78 is 9.81. The van der Waals surface area contributed by atoms with Gasteiger partial charge in [0.25, 0.3) is 0 Å². The minimum Gasteiger partial charge on any atom is -0.322 e. The largest absolute Gasteiger partial charge is 0.335 e. The maximum Gasteiger partial charge on any atom is 0.335 e. The molecule has 0 spiro atoms. The third-order valence-corrected chi connectivity index (χ3v) is 0.961. The van der Waals surface area contributed by atoms with Crippen LogP contribution in [0, 0.1) is 0 Å². The number of hydrogen-bond acceptors (Lipinski definition) is 1. The van der Waals surface area contributed by atoms with E-state index < -0.39 is 7.67 Å². The first kappa shape index (κ1) is 6.11. The van der Waals surface area contributed by atoms with Gasteiger partial charge in [-0.15, -0.1) is 0 Å². The first-order chi connectivity index (χ1) is 2.56. The highest BCUT2D eigenvalue weighted by atomic mass is 31.2. The molecule has 0 rings (SSSR count). The lowest BCUT2D eigenvalue weighted by Crippen LogP contribution is -2.08. The standard InChI is InChI=1S/CH7N2O2P/c1-3-6(2,4)5/h1H3,(H4,2,3,4,5). The van der Waals surface area contributed by atoms with Gasteiger partial charge in [0.05, 0.1) is 0 Å². The Hall–Kier alpha value is 0.110. The smallest absolute Gasteiger partial charge is 0.322 e. The molecule has 0 saturated heterocycles. The second-order valence-corrected chi connectivity index (χ2v) is 2.54. The monoisotopic (exact) mass is 110 g/mol. The normalized spacial score (nSPS) is 19.8. The summed E-state index contributed by atoms with van der Waals surface area (Å²) in [6.45, 7) is 0. The molecule has 4 nitrogen and oxygen atoms in total. The molecule has 0 saturated carbocycles. The van der Waals surface area contributed by atoms with Crippen LogP contribution < -0.4 is 10.6 Å². The summed E-state index contributed by atoms with van der Waals surface area (Å²) in [6, 6.07) is 0. The molecule has 0 radical (unpaired) electrons. The van der Waals surface area contributed by atoms with Crippen molar-refractivity contribution in [1.29, 1.82) is 0 Å². The van der Waals surface area contributed by atoms with E-state index >= 15 is 0 Å². The molecule has 0 aliphatic carbocycles. The quantitative estimate of drug-likeness (QED) is 0.389. The molecule has 38 valence electrons. The van der Waals surface area contributed by atoms with Gasteiger partial charge in [-0.3, -0.25) is 4.57 Å². The summed E-state index contributed by atoms with van der Waals surface area (Å²) in [5.41, 5.74) is 4.53. The molecular formula is CH7N2O2P. The molecule has 0 bridgehead atoms. The summed E-state index contributed by atoms with van der Waals surface area (Å²) in [5, 5.41) is 1.99. The molecule has 0 aromatic rings. The van der Waals surface area contributed by atoms with E-state index in [1.807, 2.05) is 5.09 Å². The van der Waals surface area contributed by atoms with E-state index in [1.165, 1.54) is 7.05 Å². The van der Waals surface area contributed by atoms with Gasteiger partial charge < -0.3 is 4.89 Å². The van der Waals surface area contributed by atoms with Gasteiger partial charge in [-0.2, -0.15) is 0 Å². The highest BCUT2D eigenvalue weighted by Crippen LogP contribution is 2.20. The van der Waals surface area contributed by atoms with Gasteiger partial charge in [-0.25, -0.2) is 10.6 Å². The van der Waals surface area contributed by atoms with Crippen LogP contribution in [0.3, 0.4) is 0 Å². The predicted octanol–water partition coefficient (Wildman–Crippen LogP) is -0.735. The number of nitrogens with two attached hydrogens (primary N) is 1. The van der Waals surface area contributed by atoms with Crippen molar-refractivity contribution in [3.05, 3.63) is 0 Å². The number of rotatable bonds is 1. The molecule has 0 aromatic heterocycles. The van der Waals surface area contributed by atoms with Gasteiger partial charge in [-0.05, 0) is 7.05 Å². The van der Waals surface area contributed by atoms with Crippen molar-refractivity contribution in [2.75, 3.05) is 7.05 Å². The molecule has 0 aliphatic rings. The van der Waals surface area contributed by atoms with Gasteiger partial charge in [-0.1, -0.05) is 0 Å². The van der Waals surface area contributed by atoms with Crippen molar-refractivity contribution < 1.29 is 9.46 Å². The van der Waals surface area contributed by atoms with Gasteiger partial charge in [0, 0.05) is 0 Å². The summed E-state index contributed by atoms with van der Waals surface area (Å²) in [4.78, 5) is 8.05. The molecule has 1 atom stereocenters. The van der Waals surface area contributed by atoms with E-state index in [4.69, 9.17) is 4.89 Å². The summed E-state index contributed by atoms with van der Waals surface area (Å²) in [5.74, 6) is 0. The zero-order valence-corrected chi connectivity index (χ0v) is 4.27. The molecule has 0 heterocycles. The van der Waals surface area contributed by atoms with Gasteiger partial charge in [0.1, 0.15) is 0 Å².